The summed E-state index contributed by atoms with van der Waals surface area (Å²) in [5, 5.41) is 3.61. The Morgan fingerprint density at radius 1 is 1.44 bits per heavy atom. The number of nitrogens with one attached hydrogen (secondary N) is 1. The summed E-state index contributed by atoms with van der Waals surface area (Å²) in [6.45, 7) is 10.1. The largest absolute Gasteiger partial charge is 0.376 e. The maximum atomic E-state index is 5.69. The van der Waals surface area contributed by atoms with Crippen LogP contribution in [0.2, 0.25) is 0 Å². The first kappa shape index (κ1) is 12.3. The molecule has 2 unspecified atom stereocenters. The molecular weight excluding hydrogens is 200 g/mol. The quantitative estimate of drug-likeness (QED) is 0.742. The molecule has 0 spiro atoms. The molecule has 1 aliphatic heterocycles. The van der Waals surface area contributed by atoms with E-state index in [1.54, 1.807) is 0 Å². The minimum atomic E-state index is 0.470. The van der Waals surface area contributed by atoms with Gasteiger partial charge in [0.25, 0.3) is 0 Å². The fourth-order valence-electron chi connectivity index (χ4n) is 2.35. The molecule has 1 aliphatic carbocycles. The van der Waals surface area contributed by atoms with Crippen LogP contribution in [-0.4, -0.2) is 49.8 Å². The normalized spacial score (nSPS) is 29.2. The topological polar surface area (TPSA) is 24.5 Å². The predicted molar refractivity (Wildman–Crippen MR) is 66.7 cm³/mol. The summed E-state index contributed by atoms with van der Waals surface area (Å²) in [4.78, 5) is 2.57. The second kappa shape index (κ2) is 5.99. The summed E-state index contributed by atoms with van der Waals surface area (Å²) in [5.74, 6) is 0.760. The summed E-state index contributed by atoms with van der Waals surface area (Å²) >= 11 is 0. The Morgan fingerprint density at radius 2 is 2.25 bits per heavy atom. The zero-order chi connectivity index (χ0) is 11.4. The minimum Gasteiger partial charge on any atom is -0.376 e. The zero-order valence-corrected chi connectivity index (χ0v) is 10.7. The van der Waals surface area contributed by atoms with Crippen LogP contribution in [0, 0.1) is 5.92 Å². The number of hydrogen-bond donors (Lipinski definition) is 1. The van der Waals surface area contributed by atoms with E-state index in [-0.39, 0.29) is 0 Å². The van der Waals surface area contributed by atoms with Gasteiger partial charge in [-0.3, -0.25) is 4.90 Å². The molecule has 0 bridgehead atoms. The molecule has 2 fully saturated rings. The van der Waals surface area contributed by atoms with Crippen molar-refractivity contribution >= 4 is 0 Å². The Morgan fingerprint density at radius 3 is 2.94 bits per heavy atom. The van der Waals surface area contributed by atoms with E-state index in [0.717, 1.165) is 38.1 Å². The molecule has 94 valence electrons. The fourth-order valence-corrected chi connectivity index (χ4v) is 2.35. The van der Waals surface area contributed by atoms with E-state index in [4.69, 9.17) is 4.74 Å². The summed E-state index contributed by atoms with van der Waals surface area (Å²) in [5.41, 5.74) is 0. The van der Waals surface area contributed by atoms with E-state index in [9.17, 15) is 0 Å². The van der Waals surface area contributed by atoms with E-state index >= 15 is 0 Å². The first-order valence-corrected chi connectivity index (χ1v) is 6.85. The molecule has 2 rings (SSSR count). The number of hydrogen-bond acceptors (Lipinski definition) is 3. The van der Waals surface area contributed by atoms with Gasteiger partial charge in [0.05, 0.1) is 12.7 Å². The summed E-state index contributed by atoms with van der Waals surface area (Å²) < 4.78 is 5.69. The predicted octanol–water partition coefficient (Wildman–Crippen LogP) is 1.49. The highest BCUT2D eigenvalue weighted by Crippen LogP contribution is 2.19. The molecule has 0 aromatic carbocycles. The molecule has 0 amide bonds. The number of rotatable bonds is 6. The molecule has 1 heterocycles. The summed E-state index contributed by atoms with van der Waals surface area (Å²) in [7, 11) is 0. The molecule has 2 aliphatic rings. The summed E-state index contributed by atoms with van der Waals surface area (Å²) in [6, 6.07) is 0.843. The lowest BCUT2D eigenvalue weighted by atomic mass is 10.1. The van der Waals surface area contributed by atoms with Crippen LogP contribution in [0.5, 0.6) is 0 Å². The van der Waals surface area contributed by atoms with Crippen molar-refractivity contribution in [1.29, 1.82) is 0 Å². The van der Waals surface area contributed by atoms with Crippen LogP contribution in [0.25, 0.3) is 0 Å². The van der Waals surface area contributed by atoms with Crippen LogP contribution < -0.4 is 5.32 Å². The van der Waals surface area contributed by atoms with Crippen molar-refractivity contribution in [2.24, 2.45) is 5.92 Å². The van der Waals surface area contributed by atoms with Crippen LogP contribution in [0.1, 0.15) is 33.1 Å². The van der Waals surface area contributed by atoms with Crippen molar-refractivity contribution < 1.29 is 4.74 Å². The van der Waals surface area contributed by atoms with Gasteiger partial charge in [0.15, 0.2) is 0 Å². The number of ether oxygens (including phenoxy) is 1. The highest BCUT2D eigenvalue weighted by molar-refractivity contribution is 4.82. The fraction of sp³-hybridized carbons (Fsp3) is 1.00. The second-order valence-electron chi connectivity index (χ2n) is 5.45. The van der Waals surface area contributed by atoms with Gasteiger partial charge in [0, 0.05) is 25.7 Å². The van der Waals surface area contributed by atoms with Gasteiger partial charge >= 0.3 is 0 Å². The maximum absolute atomic E-state index is 5.69. The van der Waals surface area contributed by atoms with E-state index in [1.807, 2.05) is 0 Å². The van der Waals surface area contributed by atoms with Gasteiger partial charge < -0.3 is 10.1 Å². The molecule has 16 heavy (non-hydrogen) atoms. The third-order valence-electron chi connectivity index (χ3n) is 3.58. The Hall–Kier alpha value is -0.120. The molecule has 3 heteroatoms. The van der Waals surface area contributed by atoms with Gasteiger partial charge in [-0.2, -0.15) is 0 Å². The second-order valence-corrected chi connectivity index (χ2v) is 5.45. The van der Waals surface area contributed by atoms with Crippen molar-refractivity contribution in [1.82, 2.24) is 10.2 Å². The minimum absolute atomic E-state index is 0.470. The SMILES string of the molecule is CCC1CN(CC(C)CNC2CC2)CCO1. The van der Waals surface area contributed by atoms with Gasteiger partial charge in [0.2, 0.25) is 0 Å². The van der Waals surface area contributed by atoms with Crippen LogP contribution in [0.4, 0.5) is 0 Å². The van der Waals surface area contributed by atoms with Crippen molar-refractivity contribution in [3.05, 3.63) is 0 Å². The number of nitrogens with zero attached hydrogens (tertiary/aromatic N) is 1. The van der Waals surface area contributed by atoms with Crippen LogP contribution >= 0.6 is 0 Å². The van der Waals surface area contributed by atoms with Crippen molar-refractivity contribution in [3.8, 4) is 0 Å². The molecule has 2 atom stereocenters. The first-order chi connectivity index (χ1) is 7.78. The molecule has 3 nitrogen and oxygen atoms in total. The van der Waals surface area contributed by atoms with Gasteiger partial charge in [-0.15, -0.1) is 0 Å². The monoisotopic (exact) mass is 226 g/mol. The van der Waals surface area contributed by atoms with E-state index < -0.39 is 0 Å². The lowest BCUT2D eigenvalue weighted by Crippen LogP contribution is -2.45. The molecule has 0 aromatic rings. The van der Waals surface area contributed by atoms with E-state index in [2.05, 4.69) is 24.1 Å². The van der Waals surface area contributed by atoms with Crippen molar-refractivity contribution in [3.63, 3.8) is 0 Å². The Balaban J connectivity index is 1.62. The molecular formula is C13H26N2O. The summed E-state index contributed by atoms with van der Waals surface area (Å²) in [6.07, 6.45) is 4.40. The van der Waals surface area contributed by atoms with Crippen molar-refractivity contribution in [2.75, 3.05) is 32.8 Å². The highest BCUT2D eigenvalue weighted by atomic mass is 16.5. The van der Waals surface area contributed by atoms with Gasteiger partial charge in [-0.25, -0.2) is 0 Å². The first-order valence-electron chi connectivity index (χ1n) is 6.85. The van der Waals surface area contributed by atoms with Gasteiger partial charge in [0.1, 0.15) is 0 Å². The Bertz CT molecular complexity index is 206. The van der Waals surface area contributed by atoms with Gasteiger partial charge in [-0.1, -0.05) is 13.8 Å². The average Bonchev–Trinajstić information content (AvgIpc) is 3.10. The lowest BCUT2D eigenvalue weighted by molar-refractivity contribution is -0.0333. The Kier molecular flexibility index (Phi) is 4.62. The molecule has 1 saturated heterocycles. The number of morpholine rings is 1. The van der Waals surface area contributed by atoms with E-state index in [0.29, 0.717) is 6.10 Å². The zero-order valence-electron chi connectivity index (χ0n) is 10.7. The molecule has 1 saturated carbocycles. The third-order valence-corrected chi connectivity index (χ3v) is 3.58. The highest BCUT2D eigenvalue weighted by Gasteiger charge is 2.23. The van der Waals surface area contributed by atoms with Crippen LogP contribution in [0.15, 0.2) is 0 Å². The Labute approximate surface area is 99.5 Å². The van der Waals surface area contributed by atoms with Crippen LogP contribution in [-0.2, 0) is 4.74 Å². The average molecular weight is 226 g/mol. The van der Waals surface area contributed by atoms with Crippen molar-refractivity contribution in [2.45, 2.75) is 45.3 Å². The standard InChI is InChI=1S/C13H26N2O/c1-3-13-10-15(6-7-16-13)9-11(2)8-14-12-4-5-12/h11-14H,3-10H2,1-2H3. The van der Waals surface area contributed by atoms with Gasteiger partial charge in [-0.05, 0) is 31.7 Å². The smallest absolute Gasteiger partial charge is 0.0700 e. The third kappa shape index (κ3) is 4.04. The molecule has 1 N–H and O–H groups in total. The van der Waals surface area contributed by atoms with Crippen LogP contribution in [0.3, 0.4) is 0 Å². The lowest BCUT2D eigenvalue weighted by Gasteiger charge is -2.34. The van der Waals surface area contributed by atoms with E-state index in [1.165, 1.54) is 25.9 Å². The maximum Gasteiger partial charge on any atom is 0.0700 e. The molecule has 0 aromatic heterocycles. The molecule has 0 radical (unpaired) electrons.